The number of rotatable bonds is 9. The number of aliphatic hydroxyl groups excluding tert-OH is 1. The molecule has 7 nitrogen and oxygen atoms in total. The summed E-state index contributed by atoms with van der Waals surface area (Å²) in [5.74, 6) is -10.5. The van der Waals surface area contributed by atoms with Crippen molar-refractivity contribution in [2.24, 2.45) is 0 Å². The summed E-state index contributed by atoms with van der Waals surface area (Å²) in [5, 5.41) is 21.3. The summed E-state index contributed by atoms with van der Waals surface area (Å²) in [6.07, 6.45) is -9.01. The monoisotopic (exact) mass is 523 g/mol. The van der Waals surface area contributed by atoms with E-state index >= 15 is 0 Å². The van der Waals surface area contributed by atoms with Crippen molar-refractivity contribution < 1.29 is 51.3 Å². The van der Waals surface area contributed by atoms with E-state index in [0.29, 0.717) is 10.6 Å². The summed E-state index contributed by atoms with van der Waals surface area (Å²) in [6, 6.07) is 12.4. The summed E-state index contributed by atoms with van der Waals surface area (Å²) in [5.41, 5.74) is 2.10. The van der Waals surface area contributed by atoms with E-state index in [9.17, 15) is 41.4 Å². The zero-order chi connectivity index (χ0) is 26.4. The van der Waals surface area contributed by atoms with Gasteiger partial charge in [-0.15, -0.1) is 0 Å². The van der Waals surface area contributed by atoms with Gasteiger partial charge >= 0.3 is 29.9 Å². The Balaban J connectivity index is 2.10. The molecular formula is C22H19ClF5NO6. The first-order valence-corrected chi connectivity index (χ1v) is 10.3. The molecule has 13 heteroatoms. The molecule has 35 heavy (non-hydrogen) atoms. The molecule has 2 aromatic rings. The van der Waals surface area contributed by atoms with Gasteiger partial charge < -0.3 is 20.3 Å². The Hall–Kier alpha value is -3.25. The number of hydrogen-bond donors (Lipinski definition) is 3. The molecule has 2 atom stereocenters. The maximum absolute atomic E-state index is 12.9. The maximum Gasteiger partial charge on any atom is 0.456 e. The molecule has 0 saturated carbocycles. The molecule has 2 rings (SSSR count). The van der Waals surface area contributed by atoms with Crippen LogP contribution in [0.2, 0.25) is 5.02 Å². The molecule has 0 spiro atoms. The van der Waals surface area contributed by atoms with Gasteiger partial charge in [0.05, 0.1) is 0 Å². The van der Waals surface area contributed by atoms with Crippen LogP contribution < -0.4 is 5.32 Å². The highest BCUT2D eigenvalue weighted by Gasteiger charge is 2.58. The van der Waals surface area contributed by atoms with Gasteiger partial charge in [-0.3, -0.25) is 4.79 Å². The van der Waals surface area contributed by atoms with Crippen LogP contribution in [0.15, 0.2) is 48.5 Å². The number of carbonyl (C=O) groups excluding carboxylic acids is 2. The highest BCUT2D eigenvalue weighted by atomic mass is 35.5. The smallest absolute Gasteiger partial charge is 0.456 e. The predicted octanol–water partition coefficient (Wildman–Crippen LogP) is 3.61. The number of nitrogens with one attached hydrogen (secondary N) is 1. The summed E-state index contributed by atoms with van der Waals surface area (Å²) in [7, 11) is 0. The van der Waals surface area contributed by atoms with Crippen molar-refractivity contribution in [3.63, 3.8) is 0 Å². The first-order chi connectivity index (χ1) is 16.2. The van der Waals surface area contributed by atoms with Crippen LogP contribution in [0.1, 0.15) is 12.0 Å². The molecule has 0 heterocycles. The molecule has 1 amide bonds. The molecule has 190 valence electrons. The van der Waals surface area contributed by atoms with Crippen molar-refractivity contribution in [1.82, 2.24) is 5.32 Å². The van der Waals surface area contributed by atoms with Crippen LogP contribution in [0, 0.1) is 0 Å². The minimum Gasteiger partial charge on any atom is -0.474 e. The number of carboxylic acid groups (broad SMARTS) is 1. The predicted molar refractivity (Wildman–Crippen MR) is 113 cm³/mol. The summed E-state index contributed by atoms with van der Waals surface area (Å²) >= 11 is 5.97. The van der Waals surface area contributed by atoms with E-state index in [2.05, 4.69) is 4.74 Å². The van der Waals surface area contributed by atoms with Gasteiger partial charge in [0.25, 0.3) is 0 Å². The third kappa shape index (κ3) is 8.18. The Kier molecular flexibility index (Phi) is 9.16. The number of hydrogen-bond acceptors (Lipinski definition) is 5. The third-order valence-electron chi connectivity index (χ3n) is 4.71. The van der Waals surface area contributed by atoms with E-state index in [0.717, 1.165) is 11.1 Å². The molecule has 0 bridgehead atoms. The van der Waals surface area contributed by atoms with Crippen LogP contribution in [-0.4, -0.2) is 58.9 Å². The minimum atomic E-state index is -5.96. The van der Waals surface area contributed by atoms with Gasteiger partial charge in [0.1, 0.15) is 0 Å². The second-order valence-electron chi connectivity index (χ2n) is 7.45. The number of ether oxygens (including phenoxy) is 1. The Morgan fingerprint density at radius 2 is 1.63 bits per heavy atom. The van der Waals surface area contributed by atoms with E-state index in [1.165, 1.54) is 0 Å². The van der Waals surface area contributed by atoms with Crippen LogP contribution in [-0.2, 0) is 25.5 Å². The largest absolute Gasteiger partial charge is 0.474 e. The molecule has 0 aromatic heterocycles. The summed E-state index contributed by atoms with van der Waals surface area (Å²) in [6.45, 7) is -2.34. The van der Waals surface area contributed by atoms with Crippen LogP contribution in [0.5, 0.6) is 0 Å². The molecule has 0 aliphatic carbocycles. The number of aliphatic hydroxyl groups is 1. The van der Waals surface area contributed by atoms with Crippen molar-refractivity contribution in [3.05, 3.63) is 59.1 Å². The molecule has 0 radical (unpaired) electrons. The second-order valence-corrected chi connectivity index (χ2v) is 7.88. The fraction of sp³-hybridized carbons (Fsp3) is 0.318. The zero-order valence-electron chi connectivity index (χ0n) is 17.7. The first kappa shape index (κ1) is 28.0. The Bertz CT molecular complexity index is 1060. The van der Waals surface area contributed by atoms with Crippen LogP contribution in [0.25, 0.3) is 11.1 Å². The van der Waals surface area contributed by atoms with Crippen LogP contribution in [0.4, 0.5) is 22.0 Å². The second kappa shape index (κ2) is 11.5. The number of esters is 1. The van der Waals surface area contributed by atoms with Crippen molar-refractivity contribution in [1.29, 1.82) is 0 Å². The zero-order valence-corrected chi connectivity index (χ0v) is 18.4. The lowest BCUT2D eigenvalue weighted by Gasteiger charge is -2.22. The van der Waals surface area contributed by atoms with E-state index in [1.807, 2.05) is 5.32 Å². The van der Waals surface area contributed by atoms with Gasteiger partial charge in [-0.05, 0) is 35.2 Å². The molecular weight excluding hydrogens is 505 g/mol. The van der Waals surface area contributed by atoms with Gasteiger partial charge in [0.2, 0.25) is 0 Å². The first-order valence-electron chi connectivity index (χ1n) is 9.87. The number of aliphatic carboxylic acids is 1. The maximum atomic E-state index is 12.9. The number of alkyl halides is 5. The standard InChI is InChI=1S/C22H19ClF5NO6/c23-15-3-1-2-14(9-15)13-6-4-12(5-7-13)8-16(29-18(31)19(32)33)10-17(30)20(34)35-11-21(24,25)22(26,27)28/h1-7,9,16-17,30H,8,10-11H2,(H,29,31)(H,32,33)/t16-,17-/m1/s1. The normalized spacial score (nSPS) is 13.6. The molecule has 0 fully saturated rings. The van der Waals surface area contributed by atoms with Crippen LogP contribution >= 0.6 is 11.6 Å². The Morgan fingerprint density at radius 1 is 1.00 bits per heavy atom. The lowest BCUT2D eigenvalue weighted by Crippen LogP contribution is -2.45. The molecule has 0 unspecified atom stereocenters. The van der Waals surface area contributed by atoms with Gasteiger partial charge in [-0.25, -0.2) is 9.59 Å². The summed E-state index contributed by atoms with van der Waals surface area (Å²) < 4.78 is 66.3. The summed E-state index contributed by atoms with van der Waals surface area (Å²) in [4.78, 5) is 34.2. The van der Waals surface area contributed by atoms with Crippen molar-refractivity contribution in [3.8, 4) is 11.1 Å². The van der Waals surface area contributed by atoms with E-state index in [1.54, 1.807) is 48.5 Å². The van der Waals surface area contributed by atoms with Gasteiger partial charge in [-0.2, -0.15) is 22.0 Å². The SMILES string of the molecule is O=C(O)C(=O)N[C@H](Cc1ccc(-c2cccc(Cl)c2)cc1)C[C@@H](O)C(=O)OCC(F)(F)C(F)(F)F. The highest BCUT2D eigenvalue weighted by Crippen LogP contribution is 2.35. The minimum absolute atomic E-state index is 0.113. The average molecular weight is 524 g/mol. The number of benzene rings is 2. The quantitative estimate of drug-likeness (QED) is 0.263. The molecule has 3 N–H and O–H groups in total. The molecule has 0 aliphatic heterocycles. The van der Waals surface area contributed by atoms with E-state index in [4.69, 9.17) is 16.7 Å². The van der Waals surface area contributed by atoms with Crippen LogP contribution in [0.3, 0.4) is 0 Å². The number of halogens is 6. The molecule has 0 aliphatic rings. The topological polar surface area (TPSA) is 113 Å². The van der Waals surface area contributed by atoms with Gasteiger partial charge in [0, 0.05) is 17.5 Å². The fourth-order valence-electron chi connectivity index (χ4n) is 2.93. The van der Waals surface area contributed by atoms with Crippen molar-refractivity contribution in [2.75, 3.05) is 6.61 Å². The number of amides is 1. The third-order valence-corrected chi connectivity index (χ3v) is 4.95. The van der Waals surface area contributed by atoms with Crippen molar-refractivity contribution >= 4 is 29.4 Å². The van der Waals surface area contributed by atoms with E-state index in [-0.39, 0.29) is 6.42 Å². The average Bonchev–Trinajstić information content (AvgIpc) is 2.77. The number of carbonyl (C=O) groups is 3. The lowest BCUT2D eigenvalue weighted by atomic mass is 9.98. The highest BCUT2D eigenvalue weighted by molar-refractivity contribution is 6.31. The number of carboxylic acids is 1. The van der Waals surface area contributed by atoms with Gasteiger partial charge in [-0.1, -0.05) is 48.0 Å². The van der Waals surface area contributed by atoms with Crippen molar-refractivity contribution in [2.45, 2.75) is 37.1 Å². The lowest BCUT2D eigenvalue weighted by molar-refractivity contribution is -0.294. The molecule has 0 saturated heterocycles. The molecule has 2 aromatic carbocycles. The Labute approximate surface area is 200 Å². The fourth-order valence-corrected chi connectivity index (χ4v) is 3.12. The Morgan fingerprint density at radius 3 is 2.17 bits per heavy atom. The van der Waals surface area contributed by atoms with Gasteiger partial charge in [0.15, 0.2) is 12.7 Å². The van der Waals surface area contributed by atoms with E-state index < -0.39 is 55.1 Å².